The number of amides is 1. The number of carbonyl (C=O) groups is 1. The summed E-state index contributed by atoms with van der Waals surface area (Å²) >= 11 is 0. The van der Waals surface area contributed by atoms with Crippen LogP contribution in [0.4, 0.5) is 0 Å². The molecule has 1 aromatic heterocycles. The number of rotatable bonds is 7. The average Bonchev–Trinajstić information content (AvgIpc) is 2.57. The number of hydrogen-bond donors (Lipinski definition) is 3. The first-order valence-electron chi connectivity index (χ1n) is 8.68. The fourth-order valence-corrected chi connectivity index (χ4v) is 3.35. The monoisotopic (exact) mass is 343 g/mol. The Morgan fingerprint density at radius 2 is 2.16 bits per heavy atom. The second-order valence-corrected chi connectivity index (χ2v) is 6.85. The number of nitrogens with one attached hydrogen (secondary N) is 1. The van der Waals surface area contributed by atoms with Crippen LogP contribution in [0, 0.1) is 5.92 Å². The largest absolute Gasteiger partial charge is 0.395 e. The van der Waals surface area contributed by atoms with Crippen LogP contribution in [0.2, 0.25) is 0 Å². The van der Waals surface area contributed by atoms with Gasteiger partial charge in [0.1, 0.15) is 0 Å². The lowest BCUT2D eigenvalue weighted by Crippen LogP contribution is -2.44. The van der Waals surface area contributed by atoms with Gasteiger partial charge < -0.3 is 15.5 Å². The van der Waals surface area contributed by atoms with Gasteiger partial charge in [0.05, 0.1) is 30.8 Å². The molecule has 0 spiro atoms. The lowest BCUT2D eigenvalue weighted by atomic mass is 9.75. The maximum absolute atomic E-state index is 12.4. The molecule has 1 aromatic carbocycles. The summed E-state index contributed by atoms with van der Waals surface area (Å²) in [5.74, 6) is 0.126. The van der Waals surface area contributed by atoms with Gasteiger partial charge in [0.15, 0.2) is 0 Å². The Balaban J connectivity index is 1.77. The first-order chi connectivity index (χ1) is 12.1. The molecule has 0 bridgehead atoms. The molecule has 6 nitrogen and oxygen atoms in total. The van der Waals surface area contributed by atoms with E-state index in [0.717, 1.165) is 16.5 Å². The van der Waals surface area contributed by atoms with Gasteiger partial charge in [-0.15, -0.1) is 0 Å². The minimum absolute atomic E-state index is 0.0244. The molecule has 0 aliphatic heterocycles. The summed E-state index contributed by atoms with van der Waals surface area (Å²) in [5.41, 5.74) is 1.89. The molecule has 3 N–H and O–H groups in total. The number of likely N-dealkylation sites (N-methyl/N-ethyl adjacent to an activating group) is 1. The van der Waals surface area contributed by atoms with Gasteiger partial charge in [-0.05, 0) is 43.5 Å². The van der Waals surface area contributed by atoms with Crippen molar-refractivity contribution in [2.45, 2.75) is 25.0 Å². The summed E-state index contributed by atoms with van der Waals surface area (Å²) in [6, 6.07) is 9.80. The second-order valence-electron chi connectivity index (χ2n) is 6.85. The fraction of sp³-hybridized carbons (Fsp3) is 0.474. The molecule has 0 radical (unpaired) electrons. The molecule has 1 amide bonds. The quantitative estimate of drug-likeness (QED) is 0.701. The number of hydrogen-bond acceptors (Lipinski definition) is 5. The van der Waals surface area contributed by atoms with Crippen molar-refractivity contribution in [2.75, 3.05) is 26.7 Å². The Labute approximate surface area is 147 Å². The molecule has 6 heteroatoms. The topological polar surface area (TPSA) is 85.7 Å². The first-order valence-corrected chi connectivity index (χ1v) is 8.68. The van der Waals surface area contributed by atoms with Gasteiger partial charge in [0.25, 0.3) is 0 Å². The van der Waals surface area contributed by atoms with Gasteiger partial charge in [0.2, 0.25) is 5.91 Å². The van der Waals surface area contributed by atoms with Crippen molar-refractivity contribution in [3.8, 4) is 0 Å². The van der Waals surface area contributed by atoms with Crippen molar-refractivity contribution in [3.63, 3.8) is 0 Å². The predicted molar refractivity (Wildman–Crippen MR) is 95.9 cm³/mol. The number of pyridine rings is 1. The van der Waals surface area contributed by atoms with Crippen LogP contribution in [0.15, 0.2) is 36.5 Å². The Kier molecular flexibility index (Phi) is 5.63. The van der Waals surface area contributed by atoms with E-state index in [1.807, 2.05) is 30.5 Å². The molecule has 0 unspecified atom stereocenters. The van der Waals surface area contributed by atoms with E-state index < -0.39 is 0 Å². The summed E-state index contributed by atoms with van der Waals surface area (Å²) in [6.45, 7) is 0.710. The molecule has 1 aliphatic carbocycles. The van der Waals surface area contributed by atoms with Crippen molar-refractivity contribution in [2.24, 2.45) is 5.92 Å². The number of benzene rings is 1. The van der Waals surface area contributed by atoms with Crippen LogP contribution in [0.3, 0.4) is 0 Å². The summed E-state index contributed by atoms with van der Waals surface area (Å²) in [4.78, 5) is 18.7. The zero-order chi connectivity index (χ0) is 17.8. The van der Waals surface area contributed by atoms with Gasteiger partial charge >= 0.3 is 0 Å². The number of aliphatic hydroxyl groups excluding tert-OH is 2. The van der Waals surface area contributed by atoms with E-state index in [2.05, 4.69) is 16.4 Å². The molecule has 2 aromatic rings. The van der Waals surface area contributed by atoms with E-state index in [1.54, 1.807) is 11.9 Å². The maximum atomic E-state index is 12.4. The third-order valence-electron chi connectivity index (χ3n) is 4.80. The lowest BCUT2D eigenvalue weighted by Gasteiger charge is -2.38. The fourth-order valence-electron chi connectivity index (χ4n) is 3.35. The molecule has 1 atom stereocenters. The molecule has 1 saturated carbocycles. The Morgan fingerprint density at radius 1 is 1.40 bits per heavy atom. The number of aliphatic hydroxyl groups is 2. The van der Waals surface area contributed by atoms with Crippen molar-refractivity contribution in [1.29, 1.82) is 0 Å². The smallest absolute Gasteiger partial charge is 0.234 e. The van der Waals surface area contributed by atoms with E-state index in [4.69, 9.17) is 5.11 Å². The van der Waals surface area contributed by atoms with E-state index in [9.17, 15) is 9.90 Å². The van der Waals surface area contributed by atoms with E-state index in [0.29, 0.717) is 19.4 Å². The van der Waals surface area contributed by atoms with Crippen LogP contribution < -0.4 is 5.32 Å². The van der Waals surface area contributed by atoms with Crippen LogP contribution in [-0.4, -0.2) is 58.9 Å². The van der Waals surface area contributed by atoms with Crippen molar-refractivity contribution in [1.82, 2.24) is 15.2 Å². The highest BCUT2D eigenvalue weighted by Gasteiger charge is 2.36. The van der Waals surface area contributed by atoms with E-state index in [-0.39, 0.29) is 37.1 Å². The molecule has 1 heterocycles. The highest BCUT2D eigenvalue weighted by atomic mass is 16.3. The minimum Gasteiger partial charge on any atom is -0.395 e. The van der Waals surface area contributed by atoms with Crippen molar-refractivity contribution < 1.29 is 15.0 Å². The van der Waals surface area contributed by atoms with Crippen LogP contribution >= 0.6 is 0 Å². The average molecular weight is 343 g/mol. The SMILES string of the molecule is CN(CCO)CC(=O)N[C@H](c1cnc2ccccc2c1)C1CC(O)C1. The van der Waals surface area contributed by atoms with Crippen LogP contribution in [0.1, 0.15) is 24.4 Å². The third kappa shape index (κ3) is 4.34. The Morgan fingerprint density at radius 3 is 2.88 bits per heavy atom. The van der Waals surface area contributed by atoms with Gasteiger partial charge in [-0.3, -0.25) is 14.7 Å². The summed E-state index contributed by atoms with van der Waals surface area (Å²) in [7, 11) is 1.80. The van der Waals surface area contributed by atoms with Crippen LogP contribution in [-0.2, 0) is 4.79 Å². The molecule has 1 fully saturated rings. The zero-order valence-corrected chi connectivity index (χ0v) is 14.4. The van der Waals surface area contributed by atoms with Crippen molar-refractivity contribution in [3.05, 3.63) is 42.1 Å². The molecular formula is C19H25N3O3. The number of aromatic nitrogens is 1. The van der Waals surface area contributed by atoms with Gasteiger partial charge in [0, 0.05) is 18.1 Å². The van der Waals surface area contributed by atoms with Crippen LogP contribution in [0.25, 0.3) is 10.9 Å². The molecule has 1 aliphatic rings. The second kappa shape index (κ2) is 7.91. The van der Waals surface area contributed by atoms with E-state index in [1.165, 1.54) is 0 Å². The predicted octanol–water partition coefficient (Wildman–Crippen LogP) is 1.09. The Hall–Kier alpha value is -2.02. The zero-order valence-electron chi connectivity index (χ0n) is 14.4. The molecule has 25 heavy (non-hydrogen) atoms. The summed E-state index contributed by atoms with van der Waals surface area (Å²) < 4.78 is 0. The molecule has 134 valence electrons. The minimum atomic E-state index is -0.283. The molecule has 0 saturated heterocycles. The summed E-state index contributed by atoms with van der Waals surface area (Å²) in [6.07, 6.45) is 2.90. The number of carbonyl (C=O) groups excluding carboxylic acids is 1. The van der Waals surface area contributed by atoms with Crippen molar-refractivity contribution >= 4 is 16.8 Å². The summed E-state index contributed by atoms with van der Waals surface area (Å²) in [5, 5.41) is 22.8. The number of nitrogens with zero attached hydrogens (tertiary/aromatic N) is 2. The van der Waals surface area contributed by atoms with Gasteiger partial charge in [-0.2, -0.15) is 0 Å². The Bertz CT molecular complexity index is 731. The number of fused-ring (bicyclic) bond motifs is 1. The maximum Gasteiger partial charge on any atom is 0.234 e. The highest BCUT2D eigenvalue weighted by Crippen LogP contribution is 2.38. The molecule has 3 rings (SSSR count). The number of para-hydroxylation sites is 1. The normalized spacial score (nSPS) is 21.1. The van der Waals surface area contributed by atoms with E-state index >= 15 is 0 Å². The third-order valence-corrected chi connectivity index (χ3v) is 4.80. The van der Waals surface area contributed by atoms with Gasteiger partial charge in [-0.25, -0.2) is 0 Å². The van der Waals surface area contributed by atoms with Gasteiger partial charge in [-0.1, -0.05) is 18.2 Å². The highest BCUT2D eigenvalue weighted by molar-refractivity contribution is 5.80. The molecular weight excluding hydrogens is 318 g/mol. The lowest BCUT2D eigenvalue weighted by molar-refractivity contribution is -0.124. The standard InChI is InChI=1S/C19H25N3O3/c1-22(6-7-23)12-18(25)21-19(14-9-16(24)10-14)15-8-13-4-2-3-5-17(13)20-11-15/h2-5,8,11,14,16,19,23-24H,6-7,9-10,12H2,1H3,(H,21,25)/t14?,16?,19-/m0/s1. The van der Waals surface area contributed by atoms with Crippen LogP contribution in [0.5, 0.6) is 0 Å². The first kappa shape index (κ1) is 17.8.